The first-order valence-electron chi connectivity index (χ1n) is 7.67. The zero-order chi connectivity index (χ0) is 15.2. The van der Waals surface area contributed by atoms with Crippen molar-refractivity contribution in [2.24, 2.45) is 0 Å². The maximum absolute atomic E-state index is 7.29. The van der Waals surface area contributed by atoms with E-state index in [1.54, 1.807) is 0 Å². The Bertz CT molecular complexity index is 1050. The highest BCUT2D eigenvalue weighted by Gasteiger charge is 2.67. The largest absolute Gasteiger partial charge is 0.540 e. The first kappa shape index (κ1) is 11.9. The molecule has 108 valence electrons. The molecular weight excluding hydrogens is 306 g/mol. The lowest BCUT2D eigenvalue weighted by atomic mass is 10.1. The van der Waals surface area contributed by atoms with Crippen molar-refractivity contribution < 1.29 is 9.13 Å². The zero-order valence-corrected chi connectivity index (χ0v) is 12.9. The molecule has 4 heterocycles. The van der Waals surface area contributed by atoms with E-state index < -0.39 is 5.25 Å². The van der Waals surface area contributed by atoms with Gasteiger partial charge in [0.05, 0.1) is 11.6 Å². The van der Waals surface area contributed by atoms with E-state index in [9.17, 15) is 0 Å². The number of anilines is 2. The van der Waals surface area contributed by atoms with Crippen molar-refractivity contribution in [1.29, 1.82) is 0 Å². The summed E-state index contributed by atoms with van der Waals surface area (Å²) in [4.78, 5) is 2.24. The third-order valence-corrected chi connectivity index (χ3v) is 5.51. The highest BCUT2D eigenvalue weighted by molar-refractivity contribution is 6.24. The van der Waals surface area contributed by atoms with Crippen LogP contribution in [0, 0.1) is 0 Å². The van der Waals surface area contributed by atoms with E-state index in [4.69, 9.17) is 11.6 Å². The Kier molecular flexibility index (Phi) is 1.87. The fourth-order valence-electron chi connectivity index (χ4n) is 4.11. The van der Waals surface area contributed by atoms with Crippen LogP contribution in [0.1, 0.15) is 0 Å². The molecule has 0 amide bonds. The maximum Gasteiger partial charge on any atom is 0.540 e. The maximum atomic E-state index is 7.29. The number of alkyl halides is 1. The number of para-hydroxylation sites is 2. The molecule has 0 bridgehead atoms. The van der Waals surface area contributed by atoms with Gasteiger partial charge in [0.2, 0.25) is 11.0 Å². The van der Waals surface area contributed by atoms with Crippen molar-refractivity contribution in [1.82, 2.24) is 0 Å². The molecule has 2 aromatic heterocycles. The van der Waals surface area contributed by atoms with Crippen LogP contribution in [0.25, 0.3) is 21.8 Å². The number of fused-ring (bicyclic) bond motifs is 5. The van der Waals surface area contributed by atoms with Gasteiger partial charge in [-0.1, -0.05) is 21.3 Å². The molecule has 4 aromatic rings. The van der Waals surface area contributed by atoms with Gasteiger partial charge in [-0.2, -0.15) is 4.90 Å². The Labute approximate surface area is 137 Å². The lowest BCUT2D eigenvalue weighted by molar-refractivity contribution is -0.936. The van der Waals surface area contributed by atoms with Crippen LogP contribution in [0.15, 0.2) is 73.1 Å². The smallest absolute Gasteiger partial charge is 0.193 e. The summed E-state index contributed by atoms with van der Waals surface area (Å²) in [6.45, 7) is 0. The van der Waals surface area contributed by atoms with Gasteiger partial charge in [-0.05, 0) is 36.4 Å². The number of rotatable bonds is 0. The normalized spacial score (nSPS) is 16.3. The summed E-state index contributed by atoms with van der Waals surface area (Å²) in [6.07, 6.45) is 4.13. The lowest BCUT2D eigenvalue weighted by Crippen LogP contribution is -2.71. The molecule has 0 aliphatic carbocycles. The molecule has 0 saturated heterocycles. The fraction of sp³-hybridized carbons (Fsp3) is 0.0526. The SMILES string of the molecule is ClC12N(c3cccc4ccc[n+]1c34)c1cccc3ccc[n+]2c13. The molecule has 0 unspecified atom stereocenters. The predicted molar refractivity (Wildman–Crippen MR) is 89.7 cm³/mol. The monoisotopic (exact) mass is 317 g/mol. The molecule has 23 heavy (non-hydrogen) atoms. The van der Waals surface area contributed by atoms with Crippen LogP contribution < -0.4 is 14.0 Å². The van der Waals surface area contributed by atoms with Crippen molar-refractivity contribution in [2.45, 2.75) is 5.25 Å². The summed E-state index contributed by atoms with van der Waals surface area (Å²) in [7, 11) is 0. The van der Waals surface area contributed by atoms with Crippen LogP contribution in [-0.4, -0.2) is 0 Å². The van der Waals surface area contributed by atoms with Gasteiger partial charge in [0.25, 0.3) is 0 Å². The highest BCUT2D eigenvalue weighted by atomic mass is 35.5. The molecule has 0 fully saturated rings. The van der Waals surface area contributed by atoms with Gasteiger partial charge in [0.15, 0.2) is 12.4 Å². The fourth-order valence-corrected chi connectivity index (χ4v) is 4.57. The summed E-state index contributed by atoms with van der Waals surface area (Å²) < 4.78 is 4.33. The Balaban J connectivity index is 1.87. The summed E-state index contributed by atoms with van der Waals surface area (Å²) in [5.41, 5.74) is 4.64. The summed E-state index contributed by atoms with van der Waals surface area (Å²) in [5.74, 6) is 0. The molecule has 0 radical (unpaired) electrons. The van der Waals surface area contributed by atoms with E-state index in [1.165, 1.54) is 21.8 Å². The molecule has 0 N–H and O–H groups in total. The van der Waals surface area contributed by atoms with E-state index >= 15 is 0 Å². The number of hydrogen-bond acceptors (Lipinski definition) is 1. The predicted octanol–water partition coefficient (Wildman–Crippen LogP) is 3.39. The van der Waals surface area contributed by atoms with E-state index in [-0.39, 0.29) is 0 Å². The third-order valence-electron chi connectivity index (χ3n) is 4.97. The quantitative estimate of drug-likeness (QED) is 0.275. The van der Waals surface area contributed by atoms with Crippen LogP contribution in [0.4, 0.5) is 11.4 Å². The molecular formula is C19H12ClN3+2. The average molecular weight is 318 g/mol. The second-order valence-corrected chi connectivity index (χ2v) is 6.58. The molecule has 3 nitrogen and oxygen atoms in total. The van der Waals surface area contributed by atoms with Crippen LogP contribution in [0.2, 0.25) is 0 Å². The van der Waals surface area contributed by atoms with Crippen LogP contribution >= 0.6 is 11.6 Å². The van der Waals surface area contributed by atoms with Gasteiger partial charge in [-0.25, -0.2) is 0 Å². The Hall–Kier alpha value is -2.65. The molecule has 0 spiro atoms. The van der Waals surface area contributed by atoms with E-state index in [0.29, 0.717) is 0 Å². The lowest BCUT2D eigenvalue weighted by Gasteiger charge is -2.16. The van der Waals surface area contributed by atoms with Crippen molar-refractivity contribution in [3.8, 4) is 0 Å². The second kappa shape index (κ2) is 3.63. The topological polar surface area (TPSA) is 11.0 Å². The van der Waals surface area contributed by atoms with Gasteiger partial charge >= 0.3 is 5.25 Å². The number of halogens is 1. The summed E-state index contributed by atoms with van der Waals surface area (Å²) >= 11 is 7.29. The average Bonchev–Trinajstić information content (AvgIpc) is 3.00. The molecule has 2 aromatic carbocycles. The third kappa shape index (κ3) is 1.14. The van der Waals surface area contributed by atoms with Gasteiger partial charge in [-0.15, -0.1) is 0 Å². The molecule has 4 heteroatoms. The van der Waals surface area contributed by atoms with E-state index in [1.807, 2.05) is 0 Å². The minimum absolute atomic E-state index is 0.799. The van der Waals surface area contributed by atoms with Gasteiger partial charge in [0.1, 0.15) is 11.4 Å². The molecule has 2 aliphatic rings. The van der Waals surface area contributed by atoms with Crippen molar-refractivity contribution in [3.63, 3.8) is 0 Å². The molecule has 0 saturated carbocycles. The number of hydrogen-bond donors (Lipinski definition) is 0. The van der Waals surface area contributed by atoms with Gasteiger partial charge in [0, 0.05) is 22.9 Å². The summed E-state index contributed by atoms with van der Waals surface area (Å²) in [5, 5.41) is 1.60. The highest BCUT2D eigenvalue weighted by Crippen LogP contribution is 2.48. The summed E-state index contributed by atoms with van der Waals surface area (Å²) in [6, 6.07) is 21.1. The van der Waals surface area contributed by atoms with E-state index in [0.717, 1.165) is 11.4 Å². The van der Waals surface area contributed by atoms with E-state index in [2.05, 4.69) is 87.1 Å². The molecule has 0 atom stereocenters. The van der Waals surface area contributed by atoms with Crippen molar-refractivity contribution >= 4 is 44.8 Å². The zero-order valence-electron chi connectivity index (χ0n) is 12.1. The molecule has 6 rings (SSSR count). The van der Waals surface area contributed by atoms with Gasteiger partial charge in [-0.3, -0.25) is 0 Å². The minimum Gasteiger partial charge on any atom is -0.193 e. The van der Waals surface area contributed by atoms with Crippen LogP contribution in [-0.2, 0) is 5.25 Å². The standard InChI is InChI=1S/C19H12ClN3/c20-19-21-11-3-7-13-5-1-9-15(17(13)21)23(19)16-10-2-6-14-8-4-12-22(19)18(14)16/h1-12H/q+2. The number of nitrogens with zero attached hydrogens (tertiary/aromatic N) is 3. The first-order chi connectivity index (χ1) is 11.3. The Morgan fingerprint density at radius 2 is 1.17 bits per heavy atom. The number of pyridine rings is 2. The first-order valence-corrected chi connectivity index (χ1v) is 8.05. The Morgan fingerprint density at radius 3 is 1.70 bits per heavy atom. The van der Waals surface area contributed by atoms with Crippen LogP contribution in [0.3, 0.4) is 0 Å². The van der Waals surface area contributed by atoms with Gasteiger partial charge < -0.3 is 0 Å². The molecule has 2 aliphatic heterocycles. The van der Waals surface area contributed by atoms with Crippen molar-refractivity contribution in [2.75, 3.05) is 4.90 Å². The number of aromatic nitrogens is 2. The number of benzene rings is 2. The Morgan fingerprint density at radius 1 is 0.696 bits per heavy atom. The van der Waals surface area contributed by atoms with Crippen molar-refractivity contribution in [3.05, 3.63) is 73.1 Å². The second-order valence-electron chi connectivity index (χ2n) is 6.08. The minimum atomic E-state index is -0.799. The van der Waals surface area contributed by atoms with Crippen LogP contribution in [0.5, 0.6) is 0 Å².